The molecular weight excluding hydrogens is 758 g/mol. The van der Waals surface area contributed by atoms with Crippen LogP contribution in [0.15, 0.2) is 60.7 Å². The number of rotatable bonds is 8. The van der Waals surface area contributed by atoms with E-state index in [0.29, 0.717) is 22.4 Å². The van der Waals surface area contributed by atoms with E-state index in [2.05, 4.69) is 37.0 Å². The van der Waals surface area contributed by atoms with E-state index in [4.69, 9.17) is 22.9 Å². The van der Waals surface area contributed by atoms with Gasteiger partial charge < -0.3 is 19.4 Å². The summed E-state index contributed by atoms with van der Waals surface area (Å²) in [7, 11) is 0. The van der Waals surface area contributed by atoms with Gasteiger partial charge in [0.1, 0.15) is 17.9 Å². The molecule has 0 saturated carbocycles. The predicted octanol–water partition coefficient (Wildman–Crippen LogP) is 5.40. The quantitative estimate of drug-likeness (QED) is 0.235. The number of anilines is 2. The van der Waals surface area contributed by atoms with Gasteiger partial charge in [0.25, 0.3) is 17.7 Å². The Morgan fingerprint density at radius 3 is 2.24 bits per heavy atom. The Morgan fingerprint density at radius 1 is 0.828 bits per heavy atom. The third kappa shape index (κ3) is 7.28. The summed E-state index contributed by atoms with van der Waals surface area (Å²) in [5, 5.41) is 2.72. The SMILES string of the molecule is [C-]#[N+]c1ccc(N2CCC3(CCN(C(=O)c4ccc(N5CCC(CN6CC(Oc7ccc8c(c7)C(=O)N(C7CCC(=O)NC7=O)C8=O)C6)CC5)cc4)CC3)C2)cc1Cl. The van der Waals surface area contributed by atoms with Crippen molar-refractivity contribution in [1.29, 1.82) is 0 Å². The lowest BCUT2D eigenvalue weighted by atomic mass is 9.77. The third-order valence-electron chi connectivity index (χ3n) is 13.2. The van der Waals surface area contributed by atoms with Gasteiger partial charge in [-0.3, -0.25) is 39.1 Å². The van der Waals surface area contributed by atoms with Crippen molar-refractivity contribution in [2.24, 2.45) is 11.3 Å². The number of carbonyl (C=O) groups is 5. The summed E-state index contributed by atoms with van der Waals surface area (Å²) in [6.45, 7) is 15.2. The molecule has 1 unspecified atom stereocenters. The molecule has 5 fully saturated rings. The molecule has 58 heavy (non-hydrogen) atoms. The summed E-state index contributed by atoms with van der Waals surface area (Å²) in [5.41, 5.74) is 4.09. The van der Waals surface area contributed by atoms with E-state index >= 15 is 0 Å². The van der Waals surface area contributed by atoms with Gasteiger partial charge in [0.05, 0.1) is 17.7 Å². The maximum Gasteiger partial charge on any atom is 0.262 e. The third-order valence-corrected chi connectivity index (χ3v) is 13.5. The van der Waals surface area contributed by atoms with Crippen molar-refractivity contribution in [2.45, 2.75) is 57.1 Å². The van der Waals surface area contributed by atoms with Crippen LogP contribution < -0.4 is 19.9 Å². The first-order chi connectivity index (χ1) is 28.1. The summed E-state index contributed by atoms with van der Waals surface area (Å²) in [6.07, 6.45) is 5.41. The van der Waals surface area contributed by atoms with Crippen LogP contribution in [0.2, 0.25) is 5.02 Å². The number of amides is 5. The van der Waals surface area contributed by atoms with Crippen LogP contribution >= 0.6 is 11.6 Å². The fourth-order valence-corrected chi connectivity index (χ4v) is 9.95. The minimum Gasteiger partial charge on any atom is -0.488 e. The molecule has 3 aromatic rings. The molecule has 6 heterocycles. The van der Waals surface area contributed by atoms with Crippen molar-refractivity contribution in [3.05, 3.63) is 93.8 Å². The van der Waals surface area contributed by atoms with Gasteiger partial charge in [0.2, 0.25) is 17.5 Å². The van der Waals surface area contributed by atoms with E-state index in [1.165, 1.54) is 0 Å². The lowest BCUT2D eigenvalue weighted by molar-refractivity contribution is -0.136. The van der Waals surface area contributed by atoms with Crippen molar-refractivity contribution >= 4 is 58.2 Å². The Kier molecular flexibility index (Phi) is 10.1. The maximum absolute atomic E-state index is 13.5. The smallest absolute Gasteiger partial charge is 0.262 e. The molecule has 14 heteroatoms. The highest BCUT2D eigenvalue weighted by atomic mass is 35.5. The normalized spacial score (nSPS) is 22.6. The van der Waals surface area contributed by atoms with E-state index < -0.39 is 29.7 Å². The van der Waals surface area contributed by atoms with Gasteiger partial charge in [0.15, 0.2) is 0 Å². The number of fused-ring (bicyclic) bond motifs is 1. The van der Waals surface area contributed by atoms with Crippen molar-refractivity contribution < 1.29 is 28.7 Å². The van der Waals surface area contributed by atoms with Crippen LogP contribution in [0.4, 0.5) is 17.1 Å². The molecule has 0 radical (unpaired) electrons. The molecule has 0 aliphatic carbocycles. The van der Waals surface area contributed by atoms with Crippen molar-refractivity contribution in [3.8, 4) is 5.75 Å². The number of halogens is 1. The number of nitrogens with one attached hydrogen (secondary N) is 1. The Labute approximate surface area is 342 Å². The van der Waals surface area contributed by atoms with Gasteiger partial charge in [-0.2, -0.15) is 0 Å². The summed E-state index contributed by atoms with van der Waals surface area (Å²) in [4.78, 5) is 77.3. The van der Waals surface area contributed by atoms with Crippen LogP contribution in [-0.4, -0.2) is 115 Å². The van der Waals surface area contributed by atoms with E-state index in [1.54, 1.807) is 24.3 Å². The van der Waals surface area contributed by atoms with Gasteiger partial charge in [-0.05, 0) is 104 Å². The monoisotopic (exact) mass is 803 g/mol. The number of hydrogen-bond donors (Lipinski definition) is 1. The number of imide groups is 2. The lowest BCUT2D eigenvalue weighted by Gasteiger charge is -2.42. The number of piperidine rings is 3. The summed E-state index contributed by atoms with van der Waals surface area (Å²) in [6, 6.07) is 17.7. The molecule has 0 bridgehead atoms. The molecule has 6 aliphatic heterocycles. The Hall–Kier alpha value is -5.45. The minimum atomic E-state index is -0.993. The second kappa shape index (κ2) is 15.4. The van der Waals surface area contributed by atoms with Crippen molar-refractivity contribution in [1.82, 2.24) is 20.0 Å². The molecule has 9 rings (SSSR count). The van der Waals surface area contributed by atoms with Crippen molar-refractivity contribution in [3.63, 3.8) is 0 Å². The van der Waals surface area contributed by atoms with Gasteiger partial charge in [-0.1, -0.05) is 17.7 Å². The first kappa shape index (κ1) is 38.1. The molecule has 13 nitrogen and oxygen atoms in total. The van der Waals surface area contributed by atoms with Crippen LogP contribution in [0.3, 0.4) is 0 Å². The standard InChI is InChI=1S/C44H46ClN7O6/c1-46-37-9-6-31(22-36(37)45)51-21-16-44(27-51)14-19-50(20-15-44)41(55)29-2-4-30(5-3-29)49-17-12-28(13-18-49)24-48-25-33(26-48)58-32-7-8-34-35(23-32)43(57)52(42(34)56)38-10-11-39(53)47-40(38)54/h2-9,22-23,28,33,38H,10-21,24-27H2,(H,47,53,54). The predicted molar refractivity (Wildman–Crippen MR) is 217 cm³/mol. The molecule has 300 valence electrons. The van der Waals surface area contributed by atoms with E-state index in [9.17, 15) is 24.0 Å². The van der Waals surface area contributed by atoms with Crippen molar-refractivity contribution in [2.75, 3.05) is 68.7 Å². The Morgan fingerprint density at radius 2 is 1.53 bits per heavy atom. The van der Waals surface area contributed by atoms with Gasteiger partial charge in [-0.25, -0.2) is 4.85 Å². The highest BCUT2D eigenvalue weighted by molar-refractivity contribution is 6.33. The molecular formula is C44H46ClN7O6. The van der Waals surface area contributed by atoms with Crippen LogP contribution in [-0.2, 0) is 9.59 Å². The average molecular weight is 804 g/mol. The second-order valence-electron chi connectivity index (χ2n) is 16.8. The van der Waals surface area contributed by atoms with E-state index in [-0.39, 0.29) is 41.4 Å². The topological polar surface area (TPSA) is 127 Å². The Bertz CT molecular complexity index is 2200. The highest BCUT2D eigenvalue weighted by Crippen LogP contribution is 2.43. The molecule has 1 atom stereocenters. The summed E-state index contributed by atoms with van der Waals surface area (Å²) < 4.78 is 6.19. The van der Waals surface area contributed by atoms with Gasteiger partial charge >= 0.3 is 0 Å². The van der Waals surface area contributed by atoms with Crippen LogP contribution in [0.1, 0.15) is 76.0 Å². The first-order valence-corrected chi connectivity index (χ1v) is 20.8. The highest BCUT2D eigenvalue weighted by Gasteiger charge is 2.45. The summed E-state index contributed by atoms with van der Waals surface area (Å²) >= 11 is 6.32. The summed E-state index contributed by atoms with van der Waals surface area (Å²) in [5.74, 6) is -0.891. The van der Waals surface area contributed by atoms with Crippen LogP contribution in [0, 0.1) is 17.9 Å². The maximum atomic E-state index is 13.5. The number of hydrogen-bond acceptors (Lipinski definition) is 9. The first-order valence-electron chi connectivity index (χ1n) is 20.4. The zero-order valence-corrected chi connectivity index (χ0v) is 33.1. The molecule has 0 aromatic heterocycles. The fraction of sp³-hybridized carbons (Fsp3) is 0.455. The zero-order chi connectivity index (χ0) is 40.1. The molecule has 5 saturated heterocycles. The second-order valence-corrected chi connectivity index (χ2v) is 17.2. The lowest BCUT2D eigenvalue weighted by Crippen LogP contribution is -2.55. The number of ether oxygens (including phenoxy) is 1. The van der Waals surface area contributed by atoms with Crippen LogP contribution in [0.25, 0.3) is 4.85 Å². The average Bonchev–Trinajstić information content (AvgIpc) is 3.74. The van der Waals surface area contributed by atoms with Gasteiger partial charge in [0, 0.05) is 87.3 Å². The Balaban J connectivity index is 0.700. The number of nitrogens with zero attached hydrogens (tertiary/aromatic N) is 6. The van der Waals surface area contributed by atoms with Gasteiger partial charge in [-0.15, -0.1) is 0 Å². The molecule has 5 amide bonds. The van der Waals surface area contributed by atoms with E-state index in [1.807, 2.05) is 29.2 Å². The molecule has 1 N–H and O–H groups in total. The molecule has 1 spiro atoms. The van der Waals surface area contributed by atoms with Crippen LogP contribution in [0.5, 0.6) is 5.75 Å². The minimum absolute atomic E-state index is 0.0159. The largest absolute Gasteiger partial charge is 0.488 e. The van der Waals surface area contributed by atoms with E-state index in [0.717, 1.165) is 113 Å². The fourth-order valence-electron chi connectivity index (χ4n) is 9.73. The zero-order valence-electron chi connectivity index (χ0n) is 32.3. The number of benzene rings is 3. The number of likely N-dealkylation sites (tertiary alicyclic amines) is 2. The number of carbonyl (C=O) groups excluding carboxylic acids is 5. The molecule has 6 aliphatic rings. The molecule has 3 aromatic carbocycles.